The standard InChI is InChI=1S/C57H54BN2P/c1-39-35-41(3)55(42(4)36-39)58(57-59(7)33-34-60(57)8,56-43(5)37-40(2)38-44(56)6)48-29-25-45(26-30-48)52-23-15-17-47-18-16-24-53(54(47)52)46-27-31-51(32-28-46)61(49-19-11-9-12-20-49)50-21-13-10-14-22-50/h9-38H,1-8H3. The van der Waals surface area contributed by atoms with Crippen molar-refractivity contribution in [1.82, 2.24) is 4.57 Å². The summed E-state index contributed by atoms with van der Waals surface area (Å²) >= 11 is 0. The van der Waals surface area contributed by atoms with Crippen molar-refractivity contribution in [2.45, 2.75) is 41.5 Å². The lowest BCUT2D eigenvalue weighted by Crippen LogP contribution is -2.83. The maximum absolute atomic E-state index is 2.44. The van der Waals surface area contributed by atoms with E-state index in [1.165, 1.54) is 104 Å². The molecule has 9 aromatic rings. The number of aromatic nitrogens is 2. The van der Waals surface area contributed by atoms with Gasteiger partial charge in [-0.1, -0.05) is 203 Å². The molecule has 4 heteroatoms. The summed E-state index contributed by atoms with van der Waals surface area (Å²) in [4.78, 5) is 0. The zero-order chi connectivity index (χ0) is 42.4. The third-order valence-electron chi connectivity index (χ3n) is 13.1. The van der Waals surface area contributed by atoms with Crippen molar-refractivity contribution in [2.24, 2.45) is 14.1 Å². The van der Waals surface area contributed by atoms with Crippen LogP contribution in [0.3, 0.4) is 0 Å². The molecular formula is C57H54BN2P. The molecular weight excluding hydrogens is 754 g/mol. The molecule has 1 aromatic heterocycles. The van der Waals surface area contributed by atoms with E-state index in [1.807, 2.05) is 0 Å². The van der Waals surface area contributed by atoms with Gasteiger partial charge in [0.1, 0.15) is 12.4 Å². The first-order valence-electron chi connectivity index (χ1n) is 21.5. The highest BCUT2D eigenvalue weighted by atomic mass is 31.1. The van der Waals surface area contributed by atoms with Crippen LogP contribution < -0.4 is 42.6 Å². The van der Waals surface area contributed by atoms with Crippen LogP contribution in [0.5, 0.6) is 0 Å². The maximum Gasteiger partial charge on any atom is 0.202 e. The minimum atomic E-state index is -1.65. The molecule has 0 aliphatic heterocycles. The Hall–Kier alpha value is -6.28. The number of rotatable bonds is 9. The Morgan fingerprint density at radius 3 is 1.33 bits per heavy atom. The summed E-state index contributed by atoms with van der Waals surface area (Å²) in [6, 6.07) is 64.0. The molecule has 9 rings (SSSR count). The first kappa shape index (κ1) is 40.1. The summed E-state index contributed by atoms with van der Waals surface area (Å²) in [6.45, 7) is 13.7. The van der Waals surface area contributed by atoms with Gasteiger partial charge in [0.15, 0.2) is 0 Å². The fraction of sp³-hybridized carbons (Fsp3) is 0.140. The first-order valence-corrected chi connectivity index (χ1v) is 22.9. The van der Waals surface area contributed by atoms with E-state index >= 15 is 0 Å². The molecule has 8 aromatic carbocycles. The normalized spacial score (nSPS) is 11.8. The van der Waals surface area contributed by atoms with Crippen molar-refractivity contribution < 1.29 is 4.57 Å². The van der Waals surface area contributed by atoms with Gasteiger partial charge in [0.2, 0.25) is 6.15 Å². The molecule has 0 aliphatic rings. The van der Waals surface area contributed by atoms with Crippen LogP contribution in [0.1, 0.15) is 33.4 Å². The Kier molecular flexibility index (Phi) is 10.7. The third kappa shape index (κ3) is 7.06. The summed E-state index contributed by atoms with van der Waals surface area (Å²) in [5, 5.41) is 6.59. The number of imidazole rings is 1. The van der Waals surface area contributed by atoms with E-state index in [9.17, 15) is 0 Å². The Balaban J connectivity index is 1.22. The van der Waals surface area contributed by atoms with Crippen molar-refractivity contribution >= 4 is 62.9 Å². The second-order valence-electron chi connectivity index (χ2n) is 17.3. The Labute approximate surface area is 363 Å². The van der Waals surface area contributed by atoms with Crippen LogP contribution in [-0.4, -0.2) is 10.7 Å². The van der Waals surface area contributed by atoms with E-state index in [0.29, 0.717) is 0 Å². The Morgan fingerprint density at radius 2 is 0.902 bits per heavy atom. The molecule has 1 heterocycles. The first-order chi connectivity index (χ1) is 29.6. The molecule has 61 heavy (non-hydrogen) atoms. The maximum atomic E-state index is 2.44. The molecule has 0 bridgehead atoms. The monoisotopic (exact) mass is 808 g/mol. The smallest absolute Gasteiger partial charge is 0.202 e. The molecule has 0 aliphatic carbocycles. The predicted molar refractivity (Wildman–Crippen MR) is 266 cm³/mol. The highest BCUT2D eigenvalue weighted by Gasteiger charge is 2.44. The number of aryl methyl sites for hydroxylation is 8. The van der Waals surface area contributed by atoms with E-state index in [4.69, 9.17) is 0 Å². The number of fused-ring (bicyclic) bond motifs is 1. The van der Waals surface area contributed by atoms with Gasteiger partial charge in [-0.25, -0.2) is 0 Å². The minimum Gasteiger partial charge on any atom is -0.272 e. The average Bonchev–Trinajstić information content (AvgIpc) is 3.60. The highest BCUT2D eigenvalue weighted by Crippen LogP contribution is 2.38. The lowest BCUT2D eigenvalue weighted by atomic mass is 9.13. The van der Waals surface area contributed by atoms with Crippen LogP contribution in [-0.2, 0) is 14.1 Å². The van der Waals surface area contributed by atoms with Gasteiger partial charge in [0.05, 0.1) is 19.8 Å². The number of hydrogen-bond donors (Lipinski definition) is 0. The van der Waals surface area contributed by atoms with Crippen LogP contribution in [0.25, 0.3) is 33.0 Å². The zero-order valence-electron chi connectivity index (χ0n) is 36.7. The zero-order valence-corrected chi connectivity index (χ0v) is 37.6. The van der Waals surface area contributed by atoms with Gasteiger partial charge >= 0.3 is 0 Å². The minimum absolute atomic E-state index is 0.683. The fourth-order valence-electron chi connectivity index (χ4n) is 11.0. The summed E-state index contributed by atoms with van der Waals surface area (Å²) < 4.78 is 4.72. The van der Waals surface area contributed by atoms with E-state index in [2.05, 4.69) is 247 Å². The number of nitrogens with zero attached hydrogens (tertiary/aromatic N) is 2. The van der Waals surface area contributed by atoms with Crippen LogP contribution in [0, 0.1) is 41.5 Å². The molecule has 2 nitrogen and oxygen atoms in total. The van der Waals surface area contributed by atoms with Crippen LogP contribution >= 0.6 is 7.92 Å². The van der Waals surface area contributed by atoms with Crippen LogP contribution in [0.4, 0.5) is 0 Å². The average molecular weight is 809 g/mol. The van der Waals surface area contributed by atoms with Gasteiger partial charge in [-0.3, -0.25) is 9.13 Å². The molecule has 0 N–H and O–H groups in total. The second-order valence-corrected chi connectivity index (χ2v) is 19.5. The Morgan fingerprint density at radius 1 is 0.475 bits per heavy atom. The van der Waals surface area contributed by atoms with E-state index < -0.39 is 14.1 Å². The van der Waals surface area contributed by atoms with E-state index in [-0.39, 0.29) is 0 Å². The number of benzene rings is 8. The van der Waals surface area contributed by atoms with Gasteiger partial charge in [-0.05, 0) is 98.4 Å². The van der Waals surface area contributed by atoms with Gasteiger partial charge in [-0.2, -0.15) is 16.4 Å². The van der Waals surface area contributed by atoms with Gasteiger partial charge < -0.3 is 0 Å². The molecule has 0 saturated heterocycles. The van der Waals surface area contributed by atoms with Gasteiger partial charge in [0, 0.05) is 0 Å². The molecule has 0 atom stereocenters. The van der Waals surface area contributed by atoms with Crippen molar-refractivity contribution in [3.05, 3.63) is 216 Å². The summed E-state index contributed by atoms with van der Waals surface area (Å²) in [6.07, 6.45) is 2.78. The Bertz CT molecular complexity index is 2870. The highest BCUT2D eigenvalue weighted by molar-refractivity contribution is 7.79. The molecule has 0 amide bonds. The fourth-order valence-corrected chi connectivity index (χ4v) is 13.3. The van der Waals surface area contributed by atoms with Crippen LogP contribution in [0.2, 0.25) is 0 Å². The second kappa shape index (κ2) is 16.3. The van der Waals surface area contributed by atoms with Crippen molar-refractivity contribution in [1.29, 1.82) is 0 Å². The van der Waals surface area contributed by atoms with E-state index in [0.717, 1.165) is 0 Å². The quantitative estimate of drug-likeness (QED) is 0.0782. The third-order valence-corrected chi connectivity index (χ3v) is 15.5. The summed E-state index contributed by atoms with van der Waals surface area (Å²) in [5.74, 6) is 0. The van der Waals surface area contributed by atoms with Gasteiger partial charge in [0.25, 0.3) is 0 Å². The molecule has 0 radical (unpaired) electrons. The molecule has 0 fully saturated rings. The number of hydrogen-bond acceptors (Lipinski definition) is 0. The largest absolute Gasteiger partial charge is 0.272 e. The summed E-state index contributed by atoms with van der Waals surface area (Å²) in [7, 11) is 3.75. The topological polar surface area (TPSA) is 8.81 Å². The predicted octanol–water partition coefficient (Wildman–Crippen LogP) is 9.32. The van der Waals surface area contributed by atoms with Crippen LogP contribution in [0.15, 0.2) is 182 Å². The van der Waals surface area contributed by atoms with E-state index in [1.54, 1.807) is 0 Å². The van der Waals surface area contributed by atoms with Crippen molar-refractivity contribution in [3.63, 3.8) is 0 Å². The molecule has 0 unspecified atom stereocenters. The van der Waals surface area contributed by atoms with Gasteiger partial charge in [-0.15, -0.1) is 0 Å². The molecule has 0 spiro atoms. The SMILES string of the molecule is Cc1cc(C)c([B-](c2ccc(-c3cccc4cccc(-c5ccc(P(c6ccccc6)c6ccccc6)cc5)c34)cc2)(c2c(C)cc(C)cc2C)c2n(C)cc[n+]2C)c(C)c1. The molecule has 0 saturated carbocycles. The summed E-state index contributed by atoms with van der Waals surface area (Å²) in [5.41, 5.74) is 18.2. The van der Waals surface area contributed by atoms with Crippen molar-refractivity contribution in [2.75, 3.05) is 0 Å². The molecule has 300 valence electrons. The lowest BCUT2D eigenvalue weighted by molar-refractivity contribution is -0.653. The van der Waals surface area contributed by atoms with Crippen molar-refractivity contribution in [3.8, 4) is 22.3 Å². The lowest BCUT2D eigenvalue weighted by Gasteiger charge is -2.44.